The van der Waals surface area contributed by atoms with E-state index in [9.17, 15) is 17.6 Å². The summed E-state index contributed by atoms with van der Waals surface area (Å²) in [5, 5.41) is 2.58. The van der Waals surface area contributed by atoms with Gasteiger partial charge < -0.3 is 5.32 Å². The van der Waals surface area contributed by atoms with E-state index >= 15 is 0 Å². The molecule has 5 nitrogen and oxygen atoms in total. The van der Waals surface area contributed by atoms with Gasteiger partial charge in [0.05, 0.1) is 15.4 Å². The van der Waals surface area contributed by atoms with Crippen LogP contribution >= 0.6 is 27.3 Å². The third-order valence-electron chi connectivity index (χ3n) is 4.28. The lowest BCUT2D eigenvalue weighted by Crippen LogP contribution is -2.43. The van der Waals surface area contributed by atoms with Gasteiger partial charge >= 0.3 is 0 Å². The zero-order chi connectivity index (χ0) is 18.9. The first kappa shape index (κ1) is 19.5. The maximum absolute atomic E-state index is 13.9. The van der Waals surface area contributed by atoms with Gasteiger partial charge in [-0.2, -0.15) is 4.31 Å². The summed E-state index contributed by atoms with van der Waals surface area (Å²) in [4.78, 5) is 12.5. The molecule has 1 aromatic heterocycles. The van der Waals surface area contributed by atoms with Gasteiger partial charge in [-0.05, 0) is 65.5 Å². The molecule has 26 heavy (non-hydrogen) atoms. The molecule has 1 unspecified atom stereocenters. The number of nitrogens with zero attached hydrogens (tertiary/aromatic N) is 1. The van der Waals surface area contributed by atoms with Crippen molar-refractivity contribution in [3.63, 3.8) is 0 Å². The fourth-order valence-corrected chi connectivity index (χ4v) is 6.58. The van der Waals surface area contributed by atoms with E-state index in [1.54, 1.807) is 25.1 Å². The van der Waals surface area contributed by atoms with Gasteiger partial charge in [0.2, 0.25) is 5.91 Å². The van der Waals surface area contributed by atoms with E-state index in [2.05, 4.69) is 21.2 Å². The SMILES string of the molecule is Cc1ccc(NC(=O)C2CCCN(S(=O)(=O)c3ccc(Br)s3)C2)c(F)c1. The third kappa shape index (κ3) is 4.16. The normalized spacial score (nSPS) is 18.7. The summed E-state index contributed by atoms with van der Waals surface area (Å²) in [5.74, 6) is -1.37. The molecule has 1 aliphatic heterocycles. The lowest BCUT2D eigenvalue weighted by Gasteiger charge is -2.30. The van der Waals surface area contributed by atoms with Crippen LogP contribution in [0, 0.1) is 18.7 Å². The summed E-state index contributed by atoms with van der Waals surface area (Å²) in [6.07, 6.45) is 1.15. The molecule has 1 aliphatic rings. The first-order chi connectivity index (χ1) is 12.3. The summed E-state index contributed by atoms with van der Waals surface area (Å²) < 4.78 is 41.7. The molecule has 1 N–H and O–H groups in total. The first-order valence-electron chi connectivity index (χ1n) is 8.10. The second-order valence-corrected chi connectivity index (χ2v) is 10.9. The number of hydrogen-bond donors (Lipinski definition) is 1. The molecular formula is C17H18BrFN2O3S2. The van der Waals surface area contributed by atoms with Crippen molar-refractivity contribution in [2.75, 3.05) is 18.4 Å². The molecule has 1 aromatic carbocycles. The Morgan fingerprint density at radius 2 is 2.12 bits per heavy atom. The second kappa shape index (κ2) is 7.75. The van der Waals surface area contributed by atoms with E-state index in [0.717, 1.165) is 20.7 Å². The average molecular weight is 461 g/mol. The number of carbonyl (C=O) groups is 1. The Morgan fingerprint density at radius 3 is 2.77 bits per heavy atom. The summed E-state index contributed by atoms with van der Waals surface area (Å²) in [5.41, 5.74) is 0.875. The predicted molar refractivity (Wildman–Crippen MR) is 103 cm³/mol. The van der Waals surface area contributed by atoms with Crippen molar-refractivity contribution in [2.24, 2.45) is 5.92 Å². The van der Waals surface area contributed by atoms with Gasteiger partial charge in [-0.15, -0.1) is 11.3 Å². The summed E-state index contributed by atoms with van der Waals surface area (Å²) in [6.45, 7) is 2.24. The van der Waals surface area contributed by atoms with Gasteiger partial charge in [-0.25, -0.2) is 12.8 Å². The van der Waals surface area contributed by atoms with Crippen LogP contribution in [0.1, 0.15) is 18.4 Å². The van der Waals surface area contributed by atoms with Crippen LogP contribution in [0.15, 0.2) is 38.3 Å². The van der Waals surface area contributed by atoms with Gasteiger partial charge in [-0.3, -0.25) is 4.79 Å². The van der Waals surface area contributed by atoms with Gasteiger partial charge in [0, 0.05) is 13.1 Å². The maximum atomic E-state index is 13.9. The maximum Gasteiger partial charge on any atom is 0.252 e. The summed E-state index contributed by atoms with van der Waals surface area (Å²) in [7, 11) is -3.63. The topological polar surface area (TPSA) is 66.5 Å². The van der Waals surface area contributed by atoms with Crippen LogP contribution in [0.5, 0.6) is 0 Å². The second-order valence-electron chi connectivity index (χ2n) is 6.23. The van der Waals surface area contributed by atoms with E-state index < -0.39 is 21.8 Å². The number of nitrogens with one attached hydrogen (secondary N) is 1. The summed E-state index contributed by atoms with van der Waals surface area (Å²) >= 11 is 4.41. The third-order valence-corrected chi connectivity index (χ3v) is 8.24. The Bertz CT molecular complexity index is 930. The van der Waals surface area contributed by atoms with Crippen LogP contribution in [0.3, 0.4) is 0 Å². The smallest absolute Gasteiger partial charge is 0.252 e. The molecule has 0 spiro atoms. The van der Waals surface area contributed by atoms with Crippen molar-refractivity contribution in [2.45, 2.75) is 24.0 Å². The fourth-order valence-electron chi connectivity index (χ4n) is 2.89. The molecule has 1 atom stereocenters. The average Bonchev–Trinajstić information content (AvgIpc) is 3.05. The molecule has 0 saturated carbocycles. The largest absolute Gasteiger partial charge is 0.323 e. The number of benzene rings is 1. The Morgan fingerprint density at radius 1 is 1.35 bits per heavy atom. The van der Waals surface area contributed by atoms with E-state index in [1.807, 2.05) is 0 Å². The number of halogens is 2. The number of sulfonamides is 1. The lowest BCUT2D eigenvalue weighted by atomic mass is 9.98. The van der Waals surface area contributed by atoms with Crippen LogP contribution < -0.4 is 5.32 Å². The quantitative estimate of drug-likeness (QED) is 0.749. The molecule has 0 bridgehead atoms. The van der Waals surface area contributed by atoms with E-state index in [4.69, 9.17) is 0 Å². The molecule has 2 heterocycles. The van der Waals surface area contributed by atoms with Crippen LogP contribution in [0.25, 0.3) is 0 Å². The number of aryl methyl sites for hydroxylation is 1. The predicted octanol–water partition coefficient (Wildman–Crippen LogP) is 4.00. The van der Waals surface area contributed by atoms with E-state index in [0.29, 0.717) is 19.4 Å². The van der Waals surface area contributed by atoms with Crippen molar-refractivity contribution in [1.29, 1.82) is 0 Å². The molecule has 1 saturated heterocycles. The van der Waals surface area contributed by atoms with Crippen molar-refractivity contribution in [3.05, 3.63) is 45.5 Å². The minimum atomic E-state index is -3.63. The van der Waals surface area contributed by atoms with Gasteiger partial charge in [0.25, 0.3) is 10.0 Å². The van der Waals surface area contributed by atoms with Crippen LogP contribution in [-0.4, -0.2) is 31.7 Å². The standard InChI is InChI=1S/C17H18BrFN2O3S2/c1-11-4-5-14(13(19)9-11)20-17(22)12-3-2-8-21(10-12)26(23,24)16-7-6-15(18)25-16/h4-7,9,12H,2-3,8,10H2,1H3,(H,20,22). The number of anilines is 1. The number of hydrogen-bond acceptors (Lipinski definition) is 4. The van der Waals surface area contributed by atoms with Gasteiger partial charge in [0.1, 0.15) is 10.0 Å². The number of piperidine rings is 1. The van der Waals surface area contributed by atoms with Crippen molar-refractivity contribution < 1.29 is 17.6 Å². The van der Waals surface area contributed by atoms with Crippen LogP contribution in [-0.2, 0) is 14.8 Å². The van der Waals surface area contributed by atoms with Crippen molar-refractivity contribution >= 4 is 48.9 Å². The van der Waals surface area contributed by atoms with Crippen LogP contribution in [0.2, 0.25) is 0 Å². The first-order valence-corrected chi connectivity index (χ1v) is 11.1. The van der Waals surface area contributed by atoms with Gasteiger partial charge in [0.15, 0.2) is 0 Å². The molecule has 2 aromatic rings. The molecule has 1 fully saturated rings. The number of amides is 1. The van der Waals surface area contributed by atoms with Crippen LogP contribution in [0.4, 0.5) is 10.1 Å². The highest BCUT2D eigenvalue weighted by atomic mass is 79.9. The number of thiophene rings is 1. The Balaban J connectivity index is 1.72. The van der Waals surface area contributed by atoms with Crippen molar-refractivity contribution in [1.82, 2.24) is 4.31 Å². The highest BCUT2D eigenvalue weighted by molar-refractivity contribution is 9.11. The molecule has 140 valence electrons. The lowest BCUT2D eigenvalue weighted by molar-refractivity contribution is -0.120. The van der Waals surface area contributed by atoms with E-state index in [-0.39, 0.29) is 22.3 Å². The Hall–Kier alpha value is -1.29. The minimum Gasteiger partial charge on any atom is -0.323 e. The molecule has 0 radical (unpaired) electrons. The highest BCUT2D eigenvalue weighted by Crippen LogP contribution is 2.31. The zero-order valence-electron chi connectivity index (χ0n) is 14.0. The minimum absolute atomic E-state index is 0.0944. The molecular weight excluding hydrogens is 443 g/mol. The monoisotopic (exact) mass is 460 g/mol. The number of rotatable bonds is 4. The zero-order valence-corrected chi connectivity index (χ0v) is 17.3. The van der Waals surface area contributed by atoms with Crippen molar-refractivity contribution in [3.8, 4) is 0 Å². The van der Waals surface area contributed by atoms with E-state index in [1.165, 1.54) is 16.4 Å². The summed E-state index contributed by atoms with van der Waals surface area (Å²) in [6, 6.07) is 7.82. The Kier molecular flexibility index (Phi) is 5.81. The molecule has 1 amide bonds. The fraction of sp³-hybridized carbons (Fsp3) is 0.353. The molecule has 9 heteroatoms. The number of carbonyl (C=O) groups excluding carboxylic acids is 1. The molecule has 3 rings (SSSR count). The molecule has 0 aliphatic carbocycles. The Labute approximate surface area is 164 Å². The highest BCUT2D eigenvalue weighted by Gasteiger charge is 2.34. The van der Waals surface area contributed by atoms with Gasteiger partial charge in [-0.1, -0.05) is 6.07 Å².